The van der Waals surface area contributed by atoms with E-state index in [1.807, 2.05) is 0 Å². The summed E-state index contributed by atoms with van der Waals surface area (Å²) in [6.45, 7) is 2.87. The number of hydrogen-bond donors (Lipinski definition) is 3. The fourth-order valence-electron chi connectivity index (χ4n) is 0.512. The molecule has 15 heavy (non-hydrogen) atoms. The van der Waals surface area contributed by atoms with Crippen molar-refractivity contribution in [3.8, 4) is 0 Å². The van der Waals surface area contributed by atoms with Gasteiger partial charge in [-0.1, -0.05) is 32.4 Å². The molecular weight excluding hydrogens is 271 g/mol. The molecule has 0 aliphatic carbocycles. The molecule has 0 saturated carbocycles. The number of rotatable bonds is 4. The molecule has 0 aliphatic rings. The van der Waals surface area contributed by atoms with Crippen LogP contribution in [0.1, 0.15) is 26.2 Å². The predicted octanol–water partition coefficient (Wildman–Crippen LogP) is 1.11. The van der Waals surface area contributed by atoms with Crippen LogP contribution in [-0.2, 0) is 15.1 Å². The maximum atomic E-state index is 8.74. The molecule has 2 N–H and O–H groups in total. The molecule has 0 aliphatic heterocycles. The van der Waals surface area contributed by atoms with E-state index in [0.29, 0.717) is 4.38 Å². The van der Waals surface area contributed by atoms with Crippen LogP contribution in [0.4, 0.5) is 0 Å². The zero-order valence-electron chi connectivity index (χ0n) is 7.71. The third-order valence-corrected chi connectivity index (χ3v) is 1.22. The Morgan fingerprint density at radius 3 is 2.07 bits per heavy atom. The molecule has 0 unspecified atom stereocenters. The zero-order chi connectivity index (χ0) is 11.6. The van der Waals surface area contributed by atoms with Crippen LogP contribution < -0.4 is 0 Å². The van der Waals surface area contributed by atoms with E-state index in [0.717, 1.165) is 13.0 Å². The normalized spacial score (nSPS) is 9.33. The van der Waals surface area contributed by atoms with Gasteiger partial charge in [0, 0.05) is 0 Å². The average molecular weight is 286 g/mol. The maximum absolute atomic E-state index is 8.74. The van der Waals surface area contributed by atoms with Gasteiger partial charge in [0.15, 0.2) is 0 Å². The molecule has 5 nitrogen and oxygen atoms in total. The number of hydrogen-bond acceptors (Lipinski definition) is 4. The molecule has 0 aromatic carbocycles. The van der Waals surface area contributed by atoms with Gasteiger partial charge in [-0.25, -0.2) is 0 Å². The van der Waals surface area contributed by atoms with Gasteiger partial charge in [0.25, 0.3) is 0 Å². The zero-order valence-corrected chi connectivity index (χ0v) is 10.2. The molecule has 0 saturated heterocycles. The van der Waals surface area contributed by atoms with Gasteiger partial charge in [-0.3, -0.25) is 9.11 Å². The van der Waals surface area contributed by atoms with Gasteiger partial charge in [0.1, 0.15) is 0 Å². The summed E-state index contributed by atoms with van der Waals surface area (Å²) in [6.07, 6.45) is 3.50. The third-order valence-electron chi connectivity index (χ3n) is 0.973. The summed E-state index contributed by atoms with van der Waals surface area (Å²) in [6, 6.07) is 0. The van der Waals surface area contributed by atoms with Gasteiger partial charge in [0.2, 0.25) is 4.38 Å². The Labute approximate surface area is 123 Å². The standard InChI is InChI=1S/C6H12OS2.Na.H2O4S.H/c1-2-3-4-5-7-6(8)9;;1-5(2,3)4;/h2-5H2,1H3,(H,8,9);;(H2,1,2,3,4);. The second-order valence-corrected chi connectivity index (χ2v) is 4.24. The quantitative estimate of drug-likeness (QED) is 0.236. The molecule has 0 radical (unpaired) electrons. The average Bonchev–Trinajstić information content (AvgIpc) is 1.94. The Morgan fingerprint density at radius 1 is 1.40 bits per heavy atom. The van der Waals surface area contributed by atoms with Crippen molar-refractivity contribution in [3.63, 3.8) is 0 Å². The van der Waals surface area contributed by atoms with E-state index < -0.39 is 10.4 Å². The topological polar surface area (TPSA) is 83.8 Å². The first-order valence-electron chi connectivity index (χ1n) is 3.83. The van der Waals surface area contributed by atoms with E-state index in [9.17, 15) is 0 Å². The summed E-state index contributed by atoms with van der Waals surface area (Å²) in [4.78, 5) is 0. The molecule has 0 bridgehead atoms. The van der Waals surface area contributed by atoms with Gasteiger partial charge >= 0.3 is 40.0 Å². The van der Waals surface area contributed by atoms with E-state index in [1.165, 1.54) is 12.8 Å². The number of thiocarbonyl (C=S) groups is 1. The molecule has 0 rings (SSSR count). The fourth-order valence-corrected chi connectivity index (χ4v) is 0.686. The third kappa shape index (κ3) is 51.4. The van der Waals surface area contributed by atoms with E-state index in [1.54, 1.807) is 0 Å². The Hall–Kier alpha value is 1.11. The number of unbranched alkanes of at least 4 members (excludes halogenated alkanes) is 2. The Balaban J connectivity index is -0.000000208. The van der Waals surface area contributed by atoms with Crippen LogP contribution in [0.5, 0.6) is 0 Å². The summed E-state index contributed by atoms with van der Waals surface area (Å²) >= 11 is 8.40. The first kappa shape index (κ1) is 21.4. The molecule has 0 heterocycles. The van der Waals surface area contributed by atoms with E-state index in [2.05, 4.69) is 31.8 Å². The second kappa shape index (κ2) is 13.2. The van der Waals surface area contributed by atoms with Crippen molar-refractivity contribution in [1.82, 2.24) is 0 Å². The van der Waals surface area contributed by atoms with Crippen LogP contribution in [-0.4, -0.2) is 58.1 Å². The van der Waals surface area contributed by atoms with Crippen LogP contribution in [0.3, 0.4) is 0 Å². The minimum atomic E-state index is -4.67. The van der Waals surface area contributed by atoms with Gasteiger partial charge in [0.05, 0.1) is 6.61 Å². The molecule has 0 fully saturated rings. The summed E-state index contributed by atoms with van der Waals surface area (Å²) < 4.78 is 36.9. The Kier molecular flexibility index (Phi) is 18.8. The number of ether oxygens (including phenoxy) is 1. The van der Waals surface area contributed by atoms with Crippen LogP contribution in [0.15, 0.2) is 0 Å². The van der Waals surface area contributed by atoms with Crippen molar-refractivity contribution in [2.45, 2.75) is 26.2 Å². The van der Waals surface area contributed by atoms with Crippen molar-refractivity contribution < 1.29 is 22.3 Å². The first-order chi connectivity index (χ1) is 6.27. The van der Waals surface area contributed by atoms with Crippen molar-refractivity contribution in [2.75, 3.05) is 6.61 Å². The molecule has 0 atom stereocenters. The first-order valence-corrected chi connectivity index (χ1v) is 6.08. The van der Waals surface area contributed by atoms with Gasteiger partial charge in [-0.15, -0.1) is 0 Å². The van der Waals surface area contributed by atoms with Crippen LogP contribution in [0, 0.1) is 0 Å². The SMILES string of the molecule is CCCCCOC(=S)S.O=S(=O)(O)O.[NaH]. The van der Waals surface area contributed by atoms with E-state index in [4.69, 9.17) is 22.3 Å². The van der Waals surface area contributed by atoms with Gasteiger partial charge in [-0.2, -0.15) is 8.42 Å². The van der Waals surface area contributed by atoms with Crippen LogP contribution in [0.25, 0.3) is 0 Å². The van der Waals surface area contributed by atoms with Gasteiger partial charge in [-0.05, 0) is 18.6 Å². The molecule has 0 spiro atoms. The Bertz CT molecular complexity index is 233. The minimum absolute atomic E-state index is 0. The van der Waals surface area contributed by atoms with E-state index in [-0.39, 0.29) is 29.6 Å². The molecule has 0 aromatic rings. The second-order valence-electron chi connectivity index (χ2n) is 2.27. The molecule has 0 amide bonds. The summed E-state index contributed by atoms with van der Waals surface area (Å²) in [5.74, 6) is 0. The summed E-state index contributed by atoms with van der Waals surface area (Å²) in [7, 11) is -4.67. The molecule has 0 aromatic heterocycles. The fraction of sp³-hybridized carbons (Fsp3) is 0.833. The Morgan fingerprint density at radius 2 is 1.80 bits per heavy atom. The van der Waals surface area contributed by atoms with Crippen molar-refractivity contribution in [2.24, 2.45) is 0 Å². The summed E-state index contributed by atoms with van der Waals surface area (Å²) in [5.41, 5.74) is 0. The molecular formula is C6H15NaO5S3. The monoisotopic (exact) mass is 286 g/mol. The van der Waals surface area contributed by atoms with Crippen molar-refractivity contribution >= 4 is 69.2 Å². The summed E-state index contributed by atoms with van der Waals surface area (Å²) in [5, 5.41) is 0. The molecule has 9 heteroatoms. The molecule has 88 valence electrons. The number of thiol groups is 1. The predicted molar refractivity (Wildman–Crippen MR) is 68.4 cm³/mol. The van der Waals surface area contributed by atoms with Gasteiger partial charge < -0.3 is 4.74 Å². The van der Waals surface area contributed by atoms with Crippen LogP contribution in [0.2, 0.25) is 0 Å². The van der Waals surface area contributed by atoms with Crippen LogP contribution >= 0.6 is 24.8 Å². The van der Waals surface area contributed by atoms with Crippen molar-refractivity contribution in [1.29, 1.82) is 0 Å². The van der Waals surface area contributed by atoms with E-state index >= 15 is 0 Å². The van der Waals surface area contributed by atoms with Crippen molar-refractivity contribution in [3.05, 3.63) is 0 Å².